The van der Waals surface area contributed by atoms with Gasteiger partial charge in [0.15, 0.2) is 5.69 Å². The van der Waals surface area contributed by atoms with Crippen LogP contribution in [0.3, 0.4) is 0 Å². The van der Waals surface area contributed by atoms with E-state index in [0.29, 0.717) is 11.4 Å². The number of likely N-dealkylation sites (N-methyl/N-ethyl adjacent to an activating group) is 1. The number of amides is 1. The van der Waals surface area contributed by atoms with E-state index in [4.69, 9.17) is 0 Å². The SMILES string of the molecule is Cc1n[nH]nc1C(=O)N1CCN(C)CC1Cc1ccccc1. The number of carbonyl (C=O) groups is 1. The largest absolute Gasteiger partial charge is 0.331 e. The number of hydrogen-bond acceptors (Lipinski definition) is 4. The number of aromatic amines is 1. The highest BCUT2D eigenvalue weighted by atomic mass is 16.2. The normalized spacial score (nSPS) is 19.4. The Morgan fingerprint density at radius 2 is 2.05 bits per heavy atom. The van der Waals surface area contributed by atoms with E-state index < -0.39 is 0 Å². The van der Waals surface area contributed by atoms with Gasteiger partial charge >= 0.3 is 0 Å². The predicted octanol–water partition coefficient (Wildman–Crippen LogP) is 1.11. The molecule has 2 heterocycles. The molecule has 1 fully saturated rings. The fourth-order valence-electron chi connectivity index (χ4n) is 2.96. The van der Waals surface area contributed by atoms with E-state index in [1.165, 1.54) is 5.56 Å². The number of rotatable bonds is 3. The molecule has 1 aromatic carbocycles. The maximum absolute atomic E-state index is 12.8. The van der Waals surface area contributed by atoms with Crippen molar-refractivity contribution in [3.63, 3.8) is 0 Å². The summed E-state index contributed by atoms with van der Waals surface area (Å²) in [6.07, 6.45) is 0.855. The van der Waals surface area contributed by atoms with Gasteiger partial charge in [0.05, 0.1) is 5.69 Å². The van der Waals surface area contributed by atoms with Crippen LogP contribution in [0.5, 0.6) is 0 Å². The molecule has 1 aliphatic rings. The van der Waals surface area contributed by atoms with Crippen LogP contribution in [-0.2, 0) is 6.42 Å². The molecule has 0 bridgehead atoms. The van der Waals surface area contributed by atoms with Gasteiger partial charge < -0.3 is 9.80 Å². The molecule has 0 radical (unpaired) electrons. The van der Waals surface area contributed by atoms with Gasteiger partial charge in [-0.2, -0.15) is 15.4 Å². The Bertz CT molecular complexity index is 639. The Morgan fingerprint density at radius 3 is 2.73 bits per heavy atom. The summed E-state index contributed by atoms with van der Waals surface area (Å²) in [5.41, 5.74) is 2.34. The minimum atomic E-state index is -0.0275. The molecule has 1 unspecified atom stereocenters. The Morgan fingerprint density at radius 1 is 1.27 bits per heavy atom. The summed E-state index contributed by atoms with van der Waals surface area (Å²) in [5, 5.41) is 10.5. The fraction of sp³-hybridized carbons (Fsp3) is 0.438. The quantitative estimate of drug-likeness (QED) is 0.922. The van der Waals surface area contributed by atoms with Crippen molar-refractivity contribution < 1.29 is 4.79 Å². The van der Waals surface area contributed by atoms with Gasteiger partial charge in [-0.1, -0.05) is 30.3 Å². The minimum absolute atomic E-state index is 0.0275. The molecule has 1 aromatic heterocycles. The standard InChI is InChI=1S/C16H21N5O/c1-12-15(18-19-17-12)16(22)21-9-8-20(2)11-14(21)10-13-6-4-3-5-7-13/h3-7,14H,8-11H2,1-2H3,(H,17,18,19). The van der Waals surface area contributed by atoms with Crippen LogP contribution >= 0.6 is 0 Å². The van der Waals surface area contributed by atoms with Crippen LogP contribution < -0.4 is 0 Å². The van der Waals surface area contributed by atoms with Crippen LogP contribution in [0, 0.1) is 6.92 Å². The van der Waals surface area contributed by atoms with E-state index >= 15 is 0 Å². The van der Waals surface area contributed by atoms with Crippen molar-refractivity contribution in [3.05, 3.63) is 47.3 Å². The Kier molecular flexibility index (Phi) is 4.20. The number of H-pyrrole nitrogens is 1. The molecule has 0 aliphatic carbocycles. The number of nitrogens with one attached hydrogen (secondary N) is 1. The van der Waals surface area contributed by atoms with E-state index in [-0.39, 0.29) is 11.9 Å². The van der Waals surface area contributed by atoms with Crippen LogP contribution in [0.2, 0.25) is 0 Å². The van der Waals surface area contributed by atoms with Crippen LogP contribution in [-0.4, -0.2) is 63.8 Å². The number of aromatic nitrogens is 3. The molecule has 6 nitrogen and oxygen atoms in total. The summed E-state index contributed by atoms with van der Waals surface area (Å²) in [6.45, 7) is 4.28. The predicted molar refractivity (Wildman–Crippen MR) is 83.6 cm³/mol. The van der Waals surface area contributed by atoms with E-state index in [9.17, 15) is 4.79 Å². The monoisotopic (exact) mass is 299 g/mol. The molecule has 1 aliphatic heterocycles. The van der Waals surface area contributed by atoms with Crippen molar-refractivity contribution in [2.45, 2.75) is 19.4 Å². The summed E-state index contributed by atoms with van der Waals surface area (Å²) in [4.78, 5) is 17.0. The second-order valence-electron chi connectivity index (χ2n) is 5.86. The third-order valence-electron chi connectivity index (χ3n) is 4.19. The highest BCUT2D eigenvalue weighted by Crippen LogP contribution is 2.17. The lowest BCUT2D eigenvalue weighted by Crippen LogP contribution is -2.55. The van der Waals surface area contributed by atoms with Crippen molar-refractivity contribution >= 4 is 5.91 Å². The molecule has 0 spiro atoms. The first-order chi connectivity index (χ1) is 10.6. The third-order valence-corrected chi connectivity index (χ3v) is 4.19. The Hall–Kier alpha value is -2.21. The van der Waals surface area contributed by atoms with Gasteiger partial charge in [0.25, 0.3) is 5.91 Å². The molecule has 1 saturated heterocycles. The van der Waals surface area contributed by atoms with E-state index in [0.717, 1.165) is 26.1 Å². The second-order valence-corrected chi connectivity index (χ2v) is 5.86. The summed E-state index contributed by atoms with van der Waals surface area (Å²) >= 11 is 0. The number of benzene rings is 1. The minimum Gasteiger partial charge on any atom is -0.331 e. The van der Waals surface area contributed by atoms with Crippen molar-refractivity contribution in [2.24, 2.45) is 0 Å². The molecule has 3 rings (SSSR count). The summed E-state index contributed by atoms with van der Waals surface area (Å²) < 4.78 is 0. The average Bonchev–Trinajstić information content (AvgIpc) is 2.94. The smallest absolute Gasteiger partial charge is 0.276 e. The first-order valence-electron chi connectivity index (χ1n) is 7.56. The van der Waals surface area contributed by atoms with Crippen LogP contribution in [0.15, 0.2) is 30.3 Å². The summed E-state index contributed by atoms with van der Waals surface area (Å²) in [7, 11) is 2.10. The molecule has 1 N–H and O–H groups in total. The van der Waals surface area contributed by atoms with E-state index in [1.807, 2.05) is 23.1 Å². The maximum Gasteiger partial charge on any atom is 0.276 e. The van der Waals surface area contributed by atoms with Gasteiger partial charge in [-0.15, -0.1) is 0 Å². The van der Waals surface area contributed by atoms with Gasteiger partial charge in [-0.3, -0.25) is 4.79 Å². The first-order valence-corrected chi connectivity index (χ1v) is 7.56. The number of nitrogens with zero attached hydrogens (tertiary/aromatic N) is 4. The lowest BCUT2D eigenvalue weighted by atomic mass is 10.0. The zero-order chi connectivity index (χ0) is 15.5. The van der Waals surface area contributed by atoms with Crippen molar-refractivity contribution in [1.29, 1.82) is 0 Å². The topological polar surface area (TPSA) is 65.1 Å². The molecule has 1 amide bonds. The molecule has 116 valence electrons. The number of hydrogen-bond donors (Lipinski definition) is 1. The number of carbonyl (C=O) groups excluding carboxylic acids is 1. The summed E-state index contributed by atoms with van der Waals surface area (Å²) in [6, 6.07) is 10.5. The molecule has 1 atom stereocenters. The van der Waals surface area contributed by atoms with Crippen LogP contribution in [0.1, 0.15) is 21.7 Å². The van der Waals surface area contributed by atoms with Gasteiger partial charge in [0.1, 0.15) is 0 Å². The van der Waals surface area contributed by atoms with Gasteiger partial charge in [0, 0.05) is 25.7 Å². The van der Waals surface area contributed by atoms with Gasteiger partial charge in [-0.05, 0) is 26.0 Å². The highest BCUT2D eigenvalue weighted by molar-refractivity contribution is 5.93. The second kappa shape index (κ2) is 6.27. The zero-order valence-electron chi connectivity index (χ0n) is 13.0. The van der Waals surface area contributed by atoms with Crippen LogP contribution in [0.4, 0.5) is 0 Å². The zero-order valence-corrected chi connectivity index (χ0v) is 13.0. The summed E-state index contributed by atoms with van der Waals surface area (Å²) in [5.74, 6) is -0.0275. The average molecular weight is 299 g/mol. The van der Waals surface area contributed by atoms with Crippen molar-refractivity contribution in [3.8, 4) is 0 Å². The number of aryl methyl sites for hydroxylation is 1. The lowest BCUT2D eigenvalue weighted by molar-refractivity contribution is 0.0495. The van der Waals surface area contributed by atoms with Crippen molar-refractivity contribution in [2.75, 3.05) is 26.7 Å². The molecular formula is C16H21N5O. The Balaban J connectivity index is 1.81. The van der Waals surface area contributed by atoms with Gasteiger partial charge in [0.2, 0.25) is 0 Å². The van der Waals surface area contributed by atoms with Crippen LogP contribution in [0.25, 0.3) is 0 Å². The Labute approximate surface area is 130 Å². The highest BCUT2D eigenvalue weighted by Gasteiger charge is 2.31. The molecule has 22 heavy (non-hydrogen) atoms. The van der Waals surface area contributed by atoms with E-state index in [2.05, 4.69) is 39.5 Å². The third kappa shape index (κ3) is 3.01. The first kappa shape index (κ1) is 14.7. The maximum atomic E-state index is 12.8. The molecular weight excluding hydrogens is 278 g/mol. The van der Waals surface area contributed by atoms with E-state index in [1.54, 1.807) is 6.92 Å². The number of piperazine rings is 1. The molecule has 6 heteroatoms. The molecule has 2 aromatic rings. The van der Waals surface area contributed by atoms with Crippen molar-refractivity contribution in [1.82, 2.24) is 25.2 Å². The fourth-order valence-corrected chi connectivity index (χ4v) is 2.96. The molecule has 0 saturated carbocycles. The van der Waals surface area contributed by atoms with Gasteiger partial charge in [-0.25, -0.2) is 0 Å². The lowest BCUT2D eigenvalue weighted by Gasteiger charge is -2.40.